The molecule has 0 bridgehead atoms. The number of rotatable bonds is 6. The van der Waals surface area contributed by atoms with Gasteiger partial charge in [-0.25, -0.2) is 23.2 Å². The Hall–Kier alpha value is -3.35. The third kappa shape index (κ3) is 4.84. The molecule has 13 heteroatoms. The van der Waals surface area contributed by atoms with E-state index in [-0.39, 0.29) is 48.4 Å². The lowest BCUT2D eigenvalue weighted by Crippen LogP contribution is -2.49. The number of nitro benzene ring substituents is 1. The number of ether oxygens (including phenoxy) is 1. The number of esters is 1. The number of hydrogen-bond donors (Lipinski definition) is 0. The number of halogens is 1. The van der Waals surface area contributed by atoms with E-state index in [4.69, 9.17) is 21.3 Å². The van der Waals surface area contributed by atoms with Crippen LogP contribution < -0.4 is 4.90 Å². The van der Waals surface area contributed by atoms with E-state index in [2.05, 4.69) is 4.98 Å². The van der Waals surface area contributed by atoms with Gasteiger partial charge in [-0.2, -0.15) is 4.31 Å². The summed E-state index contributed by atoms with van der Waals surface area (Å²) in [6, 6.07) is 7.16. The minimum atomic E-state index is -4.00. The first kappa shape index (κ1) is 25.7. The number of nitro groups is 1. The zero-order chi connectivity index (χ0) is 26.2. The molecule has 0 N–H and O–H groups in total. The SMILES string of the molecule is CCOC(=O)c1nc2cc(C)c(C)cc2nc1N1CCN(S(=O)(=O)c2ccc(Cl)c([N+](=O)[O-])c2)CC1. The molecule has 4 rings (SSSR count). The average Bonchev–Trinajstić information content (AvgIpc) is 2.84. The molecule has 11 nitrogen and oxygen atoms in total. The lowest BCUT2D eigenvalue weighted by Gasteiger charge is -2.35. The maximum absolute atomic E-state index is 13.2. The van der Waals surface area contributed by atoms with Crippen LogP contribution in [0, 0.1) is 24.0 Å². The molecule has 2 heterocycles. The molecule has 1 aromatic heterocycles. The van der Waals surface area contributed by atoms with Crippen molar-refractivity contribution in [3.8, 4) is 0 Å². The van der Waals surface area contributed by atoms with E-state index >= 15 is 0 Å². The Morgan fingerprint density at radius 1 is 1.08 bits per heavy atom. The number of aryl methyl sites for hydroxylation is 2. The van der Waals surface area contributed by atoms with Crippen molar-refractivity contribution >= 4 is 50.1 Å². The summed E-state index contributed by atoms with van der Waals surface area (Å²) in [6.45, 7) is 6.39. The Morgan fingerprint density at radius 3 is 2.28 bits per heavy atom. The summed E-state index contributed by atoms with van der Waals surface area (Å²) in [6.07, 6.45) is 0. The van der Waals surface area contributed by atoms with Crippen molar-refractivity contribution in [2.45, 2.75) is 25.7 Å². The van der Waals surface area contributed by atoms with Gasteiger partial charge in [-0.3, -0.25) is 10.1 Å². The summed E-state index contributed by atoms with van der Waals surface area (Å²) in [4.78, 5) is 34.0. The highest BCUT2D eigenvalue weighted by Crippen LogP contribution is 2.30. The number of aromatic nitrogens is 2. The number of carbonyl (C=O) groups excluding carboxylic acids is 1. The van der Waals surface area contributed by atoms with Crippen LogP contribution in [0.25, 0.3) is 11.0 Å². The van der Waals surface area contributed by atoms with Crippen LogP contribution in [0.3, 0.4) is 0 Å². The number of piperazine rings is 1. The van der Waals surface area contributed by atoms with Crippen LogP contribution in [-0.4, -0.2) is 66.4 Å². The fourth-order valence-corrected chi connectivity index (χ4v) is 5.57. The molecule has 0 aliphatic carbocycles. The number of sulfonamides is 1. The lowest BCUT2D eigenvalue weighted by molar-refractivity contribution is -0.384. The van der Waals surface area contributed by atoms with Crippen molar-refractivity contribution in [1.82, 2.24) is 14.3 Å². The summed E-state index contributed by atoms with van der Waals surface area (Å²) in [7, 11) is -4.00. The van der Waals surface area contributed by atoms with Crippen molar-refractivity contribution in [3.05, 3.63) is 62.3 Å². The van der Waals surface area contributed by atoms with Gasteiger partial charge in [0.1, 0.15) is 5.02 Å². The molecule has 0 unspecified atom stereocenters. The van der Waals surface area contributed by atoms with Gasteiger partial charge in [-0.1, -0.05) is 11.6 Å². The van der Waals surface area contributed by atoms with Gasteiger partial charge < -0.3 is 9.64 Å². The van der Waals surface area contributed by atoms with Gasteiger partial charge in [-0.15, -0.1) is 0 Å². The molecule has 190 valence electrons. The number of carbonyl (C=O) groups is 1. The van der Waals surface area contributed by atoms with Crippen LogP contribution in [0.15, 0.2) is 35.2 Å². The first-order valence-corrected chi connectivity index (χ1v) is 13.0. The second kappa shape index (κ2) is 9.96. The van der Waals surface area contributed by atoms with Crippen molar-refractivity contribution in [2.24, 2.45) is 0 Å². The molecular formula is C23H24ClN5O6S. The molecule has 1 fully saturated rings. The second-order valence-corrected chi connectivity index (χ2v) is 10.6. The maximum Gasteiger partial charge on any atom is 0.360 e. The highest BCUT2D eigenvalue weighted by molar-refractivity contribution is 7.89. The van der Waals surface area contributed by atoms with Crippen molar-refractivity contribution in [1.29, 1.82) is 0 Å². The molecule has 0 amide bonds. The van der Waals surface area contributed by atoms with Gasteiger partial charge in [-0.05, 0) is 56.2 Å². The van der Waals surface area contributed by atoms with E-state index in [9.17, 15) is 23.3 Å². The zero-order valence-corrected chi connectivity index (χ0v) is 21.5. The largest absolute Gasteiger partial charge is 0.461 e. The predicted octanol–water partition coefficient (Wildman–Crippen LogP) is 3.50. The molecule has 0 atom stereocenters. The molecule has 36 heavy (non-hydrogen) atoms. The predicted molar refractivity (Wildman–Crippen MR) is 134 cm³/mol. The first-order chi connectivity index (χ1) is 17.0. The van der Waals surface area contributed by atoms with E-state index in [1.807, 2.05) is 26.0 Å². The average molecular weight is 534 g/mol. The minimum absolute atomic E-state index is 0.0669. The van der Waals surface area contributed by atoms with Crippen LogP contribution in [0.2, 0.25) is 5.02 Å². The second-order valence-electron chi connectivity index (χ2n) is 8.30. The molecule has 1 saturated heterocycles. The van der Waals surface area contributed by atoms with Gasteiger partial charge in [0.25, 0.3) is 5.69 Å². The maximum atomic E-state index is 13.2. The molecule has 1 aliphatic heterocycles. The normalized spacial score (nSPS) is 14.7. The van der Waals surface area contributed by atoms with E-state index in [0.29, 0.717) is 16.9 Å². The summed E-state index contributed by atoms with van der Waals surface area (Å²) < 4.78 is 32.8. The fraction of sp³-hybridized carbons (Fsp3) is 0.348. The monoisotopic (exact) mass is 533 g/mol. The summed E-state index contributed by atoms with van der Waals surface area (Å²) in [5.41, 5.74) is 2.81. The van der Waals surface area contributed by atoms with Crippen LogP contribution in [0.5, 0.6) is 0 Å². The summed E-state index contributed by atoms with van der Waals surface area (Å²) >= 11 is 5.83. The Morgan fingerprint density at radius 2 is 1.69 bits per heavy atom. The van der Waals surface area contributed by atoms with Crippen molar-refractivity contribution in [2.75, 3.05) is 37.7 Å². The molecule has 0 saturated carbocycles. The van der Waals surface area contributed by atoms with E-state index in [1.165, 1.54) is 16.4 Å². The van der Waals surface area contributed by atoms with Gasteiger partial charge in [0.2, 0.25) is 10.0 Å². The topological polar surface area (TPSA) is 136 Å². The van der Waals surface area contributed by atoms with Gasteiger partial charge >= 0.3 is 5.97 Å². The first-order valence-electron chi connectivity index (χ1n) is 11.2. The van der Waals surface area contributed by atoms with Gasteiger partial charge in [0.05, 0.1) is 27.5 Å². The summed E-state index contributed by atoms with van der Waals surface area (Å²) in [5.74, 6) is -0.285. The minimum Gasteiger partial charge on any atom is -0.461 e. The van der Waals surface area contributed by atoms with Crippen LogP contribution in [0.1, 0.15) is 28.5 Å². The Balaban J connectivity index is 1.64. The zero-order valence-electron chi connectivity index (χ0n) is 19.9. The molecular weight excluding hydrogens is 510 g/mol. The summed E-state index contributed by atoms with van der Waals surface area (Å²) in [5, 5.41) is 11.1. The smallest absolute Gasteiger partial charge is 0.360 e. The number of hydrogen-bond acceptors (Lipinski definition) is 9. The van der Waals surface area contributed by atoms with Crippen molar-refractivity contribution < 1.29 is 22.9 Å². The number of nitrogens with zero attached hydrogens (tertiary/aromatic N) is 5. The molecule has 1 aliphatic rings. The molecule has 3 aromatic rings. The Bertz CT molecular complexity index is 1470. The standard InChI is InChI=1S/C23H24ClN5O6S/c1-4-35-23(30)21-22(26-19-12-15(3)14(2)11-18(19)25-21)27-7-9-28(10-8-27)36(33,34)16-5-6-17(24)20(13-16)29(31)32/h5-6,11-13H,4,7-10H2,1-3H3. The number of anilines is 1. The van der Waals surface area contributed by atoms with Crippen LogP contribution >= 0.6 is 11.6 Å². The molecule has 0 radical (unpaired) electrons. The van der Waals surface area contributed by atoms with Crippen LogP contribution in [-0.2, 0) is 14.8 Å². The molecule has 0 spiro atoms. The number of benzene rings is 2. The Labute approximate surface area is 212 Å². The quantitative estimate of drug-likeness (QED) is 0.265. The van der Waals surface area contributed by atoms with Gasteiger partial charge in [0, 0.05) is 32.2 Å². The molecule has 2 aromatic carbocycles. The Kier molecular flexibility index (Phi) is 7.12. The highest BCUT2D eigenvalue weighted by atomic mass is 35.5. The van der Waals surface area contributed by atoms with E-state index in [1.54, 1.807) is 11.8 Å². The third-order valence-electron chi connectivity index (χ3n) is 6.02. The number of fused-ring (bicyclic) bond motifs is 1. The van der Waals surface area contributed by atoms with Crippen LogP contribution in [0.4, 0.5) is 11.5 Å². The van der Waals surface area contributed by atoms with Gasteiger partial charge in [0.15, 0.2) is 11.5 Å². The lowest BCUT2D eigenvalue weighted by atomic mass is 10.1. The van der Waals surface area contributed by atoms with E-state index < -0.39 is 26.6 Å². The fourth-order valence-electron chi connectivity index (χ4n) is 3.94. The third-order valence-corrected chi connectivity index (χ3v) is 8.23. The van der Waals surface area contributed by atoms with Crippen molar-refractivity contribution in [3.63, 3.8) is 0 Å². The highest BCUT2D eigenvalue weighted by Gasteiger charge is 2.32. The van der Waals surface area contributed by atoms with E-state index in [0.717, 1.165) is 17.2 Å².